The van der Waals surface area contributed by atoms with Crippen LogP contribution in [0.4, 0.5) is 0 Å². The van der Waals surface area contributed by atoms with Crippen molar-refractivity contribution in [2.24, 2.45) is 5.73 Å². The third-order valence-corrected chi connectivity index (χ3v) is 2.37. The predicted molar refractivity (Wildman–Crippen MR) is 60.9 cm³/mol. The van der Waals surface area contributed by atoms with Gasteiger partial charge in [-0.25, -0.2) is 4.98 Å². The highest BCUT2D eigenvalue weighted by Crippen LogP contribution is 2.04. The molecule has 0 aliphatic rings. The Morgan fingerprint density at radius 1 is 1.62 bits per heavy atom. The van der Waals surface area contributed by atoms with Gasteiger partial charge in [0.15, 0.2) is 0 Å². The molecule has 0 saturated heterocycles. The van der Waals surface area contributed by atoms with E-state index in [0.29, 0.717) is 19.6 Å². The summed E-state index contributed by atoms with van der Waals surface area (Å²) < 4.78 is 6.83. The molecular formula is C11H19N3O2. The fraction of sp³-hybridized carbons (Fsp3) is 0.636. The number of ether oxygens (including phenoxy) is 1. The lowest BCUT2D eigenvalue weighted by atomic mass is 10.2. The number of carbonyl (C=O) groups excluding carboxylic acids is 1. The molecule has 0 amide bonds. The van der Waals surface area contributed by atoms with Crippen LogP contribution in [0.2, 0.25) is 0 Å². The van der Waals surface area contributed by atoms with E-state index in [1.807, 2.05) is 24.6 Å². The number of aryl methyl sites for hydroxylation is 3. The molecule has 0 spiro atoms. The largest absolute Gasteiger partial charge is 0.465 e. The van der Waals surface area contributed by atoms with Crippen LogP contribution in [0.5, 0.6) is 0 Å². The van der Waals surface area contributed by atoms with Crippen molar-refractivity contribution >= 4 is 5.97 Å². The Labute approximate surface area is 95.6 Å². The number of nitrogens with zero attached hydrogens (tertiary/aromatic N) is 2. The van der Waals surface area contributed by atoms with Gasteiger partial charge in [0.25, 0.3) is 0 Å². The molecule has 0 aromatic carbocycles. The van der Waals surface area contributed by atoms with E-state index in [9.17, 15) is 4.79 Å². The lowest BCUT2D eigenvalue weighted by Gasteiger charge is -2.11. The quantitative estimate of drug-likeness (QED) is 0.752. The van der Waals surface area contributed by atoms with Gasteiger partial charge < -0.3 is 15.0 Å². The van der Waals surface area contributed by atoms with Crippen LogP contribution in [0.25, 0.3) is 0 Å². The third kappa shape index (κ3) is 3.34. The van der Waals surface area contributed by atoms with Gasteiger partial charge in [-0.2, -0.15) is 0 Å². The molecule has 90 valence electrons. The summed E-state index contributed by atoms with van der Waals surface area (Å²) in [6.07, 6.45) is 2.52. The molecule has 1 aromatic heterocycles. The van der Waals surface area contributed by atoms with Crippen molar-refractivity contribution in [3.63, 3.8) is 0 Å². The molecule has 0 radical (unpaired) electrons. The molecule has 0 bridgehead atoms. The number of hydrogen-bond donors (Lipinski definition) is 1. The first kappa shape index (κ1) is 12.7. The zero-order chi connectivity index (χ0) is 12.1. The minimum Gasteiger partial charge on any atom is -0.465 e. The van der Waals surface area contributed by atoms with Gasteiger partial charge in [0.2, 0.25) is 0 Å². The molecule has 1 aromatic rings. The Bertz CT molecular complexity index is 360. The maximum Gasteiger partial charge on any atom is 0.322 e. The minimum atomic E-state index is -0.554. The molecule has 1 rings (SSSR count). The maximum absolute atomic E-state index is 11.3. The Morgan fingerprint density at radius 2 is 2.31 bits per heavy atom. The Balaban J connectivity index is 2.45. The molecule has 0 aliphatic heterocycles. The monoisotopic (exact) mass is 225 g/mol. The Kier molecular flexibility index (Phi) is 4.49. The molecule has 1 atom stereocenters. The second kappa shape index (κ2) is 5.65. The summed E-state index contributed by atoms with van der Waals surface area (Å²) in [6.45, 7) is 6.70. The third-order valence-electron chi connectivity index (χ3n) is 2.37. The summed E-state index contributed by atoms with van der Waals surface area (Å²) >= 11 is 0. The van der Waals surface area contributed by atoms with Crippen molar-refractivity contribution in [1.29, 1.82) is 0 Å². The zero-order valence-corrected chi connectivity index (χ0v) is 10.1. The zero-order valence-electron chi connectivity index (χ0n) is 10.1. The van der Waals surface area contributed by atoms with Crippen LogP contribution < -0.4 is 5.73 Å². The summed E-state index contributed by atoms with van der Waals surface area (Å²) in [4.78, 5) is 15.6. The summed E-state index contributed by atoms with van der Waals surface area (Å²) in [5, 5.41) is 0. The molecule has 16 heavy (non-hydrogen) atoms. The second-order valence-corrected chi connectivity index (χ2v) is 3.77. The van der Waals surface area contributed by atoms with Crippen molar-refractivity contribution in [3.8, 4) is 0 Å². The second-order valence-electron chi connectivity index (χ2n) is 3.77. The SMILES string of the molecule is CCOC(=O)C(N)CCn1cc(C)nc1C. The van der Waals surface area contributed by atoms with Gasteiger partial charge >= 0.3 is 5.97 Å². The molecule has 5 nitrogen and oxygen atoms in total. The van der Waals surface area contributed by atoms with Gasteiger partial charge in [-0.15, -0.1) is 0 Å². The van der Waals surface area contributed by atoms with E-state index < -0.39 is 6.04 Å². The highest BCUT2D eigenvalue weighted by atomic mass is 16.5. The van der Waals surface area contributed by atoms with E-state index in [4.69, 9.17) is 10.5 Å². The van der Waals surface area contributed by atoms with Crippen LogP contribution in [0.15, 0.2) is 6.20 Å². The number of imidazole rings is 1. The first-order valence-corrected chi connectivity index (χ1v) is 5.47. The van der Waals surface area contributed by atoms with Gasteiger partial charge in [0.1, 0.15) is 11.9 Å². The number of rotatable bonds is 5. The summed E-state index contributed by atoms with van der Waals surface area (Å²) in [7, 11) is 0. The van der Waals surface area contributed by atoms with Crippen LogP contribution in [-0.4, -0.2) is 28.2 Å². The first-order chi connectivity index (χ1) is 7.54. The molecule has 0 fully saturated rings. The van der Waals surface area contributed by atoms with Crippen molar-refractivity contribution in [1.82, 2.24) is 9.55 Å². The predicted octanol–water partition coefficient (Wildman–Crippen LogP) is 0.780. The highest BCUT2D eigenvalue weighted by Gasteiger charge is 2.14. The van der Waals surface area contributed by atoms with E-state index >= 15 is 0 Å². The minimum absolute atomic E-state index is 0.336. The standard InChI is InChI=1S/C11H19N3O2/c1-4-16-11(15)10(12)5-6-14-7-8(2)13-9(14)3/h7,10H,4-6,12H2,1-3H3. The number of esters is 1. The van der Waals surface area contributed by atoms with Gasteiger partial charge in [-0.1, -0.05) is 0 Å². The smallest absolute Gasteiger partial charge is 0.322 e. The normalized spacial score (nSPS) is 12.5. The van der Waals surface area contributed by atoms with Crippen molar-refractivity contribution in [2.45, 2.75) is 39.8 Å². The number of aromatic nitrogens is 2. The molecule has 0 aliphatic carbocycles. The van der Waals surface area contributed by atoms with Crippen LogP contribution in [0, 0.1) is 13.8 Å². The summed E-state index contributed by atoms with van der Waals surface area (Å²) in [5.74, 6) is 0.602. The van der Waals surface area contributed by atoms with E-state index in [0.717, 1.165) is 11.5 Å². The molecule has 1 unspecified atom stereocenters. The fourth-order valence-electron chi connectivity index (χ4n) is 1.54. The average molecular weight is 225 g/mol. The lowest BCUT2D eigenvalue weighted by Crippen LogP contribution is -2.33. The highest BCUT2D eigenvalue weighted by molar-refractivity contribution is 5.75. The summed E-state index contributed by atoms with van der Waals surface area (Å²) in [6, 6.07) is -0.554. The van der Waals surface area contributed by atoms with Crippen molar-refractivity contribution < 1.29 is 9.53 Å². The van der Waals surface area contributed by atoms with Gasteiger partial charge in [0.05, 0.1) is 12.3 Å². The fourth-order valence-corrected chi connectivity index (χ4v) is 1.54. The molecule has 2 N–H and O–H groups in total. The first-order valence-electron chi connectivity index (χ1n) is 5.47. The Hall–Kier alpha value is -1.36. The van der Waals surface area contributed by atoms with Gasteiger partial charge in [0, 0.05) is 12.7 Å². The molecule has 0 saturated carbocycles. The van der Waals surface area contributed by atoms with Crippen LogP contribution >= 0.6 is 0 Å². The van der Waals surface area contributed by atoms with E-state index in [1.165, 1.54) is 0 Å². The number of nitrogens with two attached hydrogens (primary N) is 1. The number of carbonyl (C=O) groups is 1. The van der Waals surface area contributed by atoms with Crippen molar-refractivity contribution in [2.75, 3.05) is 6.61 Å². The molecule has 1 heterocycles. The van der Waals surface area contributed by atoms with Gasteiger partial charge in [-0.3, -0.25) is 4.79 Å². The topological polar surface area (TPSA) is 70.1 Å². The maximum atomic E-state index is 11.3. The van der Waals surface area contributed by atoms with Crippen LogP contribution in [-0.2, 0) is 16.1 Å². The molecular weight excluding hydrogens is 206 g/mol. The lowest BCUT2D eigenvalue weighted by molar-refractivity contribution is -0.144. The molecule has 5 heteroatoms. The average Bonchev–Trinajstić information content (AvgIpc) is 2.54. The summed E-state index contributed by atoms with van der Waals surface area (Å²) in [5.41, 5.74) is 6.67. The van der Waals surface area contributed by atoms with E-state index in [1.54, 1.807) is 6.92 Å². The Morgan fingerprint density at radius 3 is 2.81 bits per heavy atom. The van der Waals surface area contributed by atoms with E-state index in [-0.39, 0.29) is 5.97 Å². The van der Waals surface area contributed by atoms with Gasteiger partial charge in [-0.05, 0) is 27.2 Å². The van der Waals surface area contributed by atoms with Crippen LogP contribution in [0.3, 0.4) is 0 Å². The van der Waals surface area contributed by atoms with Crippen LogP contribution in [0.1, 0.15) is 24.9 Å². The number of hydrogen-bond acceptors (Lipinski definition) is 4. The van der Waals surface area contributed by atoms with E-state index in [2.05, 4.69) is 4.98 Å². The van der Waals surface area contributed by atoms with Crippen molar-refractivity contribution in [3.05, 3.63) is 17.7 Å².